The van der Waals surface area contributed by atoms with E-state index in [0.29, 0.717) is 23.6 Å². The second-order valence-corrected chi connectivity index (χ2v) is 6.23. The van der Waals surface area contributed by atoms with Crippen LogP contribution in [0.2, 0.25) is 5.02 Å². The van der Waals surface area contributed by atoms with Gasteiger partial charge in [0.05, 0.1) is 34.6 Å². The first-order valence-electron chi connectivity index (χ1n) is 7.61. The number of benzene rings is 1. The van der Waals surface area contributed by atoms with Gasteiger partial charge in [-0.15, -0.1) is 11.6 Å². The van der Waals surface area contributed by atoms with Gasteiger partial charge in [-0.1, -0.05) is 36.9 Å². The summed E-state index contributed by atoms with van der Waals surface area (Å²) in [4.78, 5) is 4.55. The molecule has 21 heavy (non-hydrogen) atoms. The van der Waals surface area contributed by atoms with Gasteiger partial charge >= 0.3 is 0 Å². The smallest absolute Gasteiger partial charge is 0.124 e. The molecule has 0 atom stereocenters. The Morgan fingerprint density at radius 3 is 2.81 bits per heavy atom. The van der Waals surface area contributed by atoms with E-state index in [1.54, 1.807) is 0 Å². The Hall–Kier alpha value is -0.770. The minimum atomic E-state index is 0.383. The van der Waals surface area contributed by atoms with Gasteiger partial charge in [0.1, 0.15) is 5.82 Å². The van der Waals surface area contributed by atoms with Gasteiger partial charge in [-0.25, -0.2) is 4.98 Å². The lowest BCUT2D eigenvalue weighted by atomic mass is 9.98. The van der Waals surface area contributed by atoms with Gasteiger partial charge in [-0.05, 0) is 25.0 Å². The molecule has 1 aliphatic rings. The van der Waals surface area contributed by atoms with Crippen LogP contribution in [0, 0.1) is 0 Å². The zero-order valence-corrected chi connectivity index (χ0v) is 13.5. The predicted molar refractivity (Wildman–Crippen MR) is 87.1 cm³/mol. The van der Waals surface area contributed by atoms with E-state index >= 15 is 0 Å². The highest BCUT2D eigenvalue weighted by Gasteiger charge is 2.15. The van der Waals surface area contributed by atoms with Crippen molar-refractivity contribution in [3.63, 3.8) is 0 Å². The highest BCUT2D eigenvalue weighted by Crippen LogP contribution is 2.26. The molecule has 5 heteroatoms. The normalized spacial score (nSPS) is 16.7. The summed E-state index contributed by atoms with van der Waals surface area (Å²) < 4.78 is 8.10. The number of hydrogen-bond acceptors (Lipinski definition) is 2. The fourth-order valence-electron chi connectivity index (χ4n) is 3.08. The van der Waals surface area contributed by atoms with Crippen molar-refractivity contribution in [2.24, 2.45) is 0 Å². The van der Waals surface area contributed by atoms with Crippen LogP contribution >= 0.6 is 23.2 Å². The number of halogens is 2. The van der Waals surface area contributed by atoms with Crippen LogP contribution in [0.5, 0.6) is 0 Å². The van der Waals surface area contributed by atoms with Crippen molar-refractivity contribution in [3.05, 3.63) is 29.0 Å². The highest BCUT2D eigenvalue weighted by atomic mass is 35.5. The number of imidazole rings is 1. The summed E-state index contributed by atoms with van der Waals surface area (Å²) in [7, 11) is 0. The number of hydrogen-bond donors (Lipinski definition) is 0. The molecule has 2 aromatic rings. The molecule has 0 aliphatic heterocycles. The number of aromatic nitrogens is 2. The second-order valence-electron chi connectivity index (χ2n) is 5.55. The zero-order chi connectivity index (χ0) is 14.7. The number of nitrogens with zero attached hydrogens (tertiary/aromatic N) is 2. The van der Waals surface area contributed by atoms with Crippen LogP contribution in [0.3, 0.4) is 0 Å². The second kappa shape index (κ2) is 6.99. The van der Waals surface area contributed by atoms with Crippen molar-refractivity contribution in [2.45, 2.75) is 50.6 Å². The molecule has 1 aliphatic carbocycles. The Kier molecular flexibility index (Phi) is 5.04. The summed E-state index contributed by atoms with van der Waals surface area (Å²) >= 11 is 12.3. The standard InChI is InChI=1S/C16H20Cl2N2O/c17-11-15-19-14-8-4-7-13(18)16(14)20(15)9-10-21-12-5-2-1-3-6-12/h4,7-8,12H,1-3,5-6,9-11H2. The van der Waals surface area contributed by atoms with E-state index < -0.39 is 0 Å². The molecule has 3 rings (SSSR count). The third-order valence-electron chi connectivity index (χ3n) is 4.14. The molecule has 0 bridgehead atoms. The molecule has 0 radical (unpaired) electrons. The van der Waals surface area contributed by atoms with Crippen molar-refractivity contribution in [1.29, 1.82) is 0 Å². The van der Waals surface area contributed by atoms with Gasteiger partial charge in [-0.3, -0.25) is 0 Å². The Labute approximate surface area is 135 Å². The van der Waals surface area contributed by atoms with Gasteiger partial charge in [0.25, 0.3) is 0 Å². The summed E-state index contributed by atoms with van der Waals surface area (Å²) in [5.74, 6) is 1.24. The molecule has 3 nitrogen and oxygen atoms in total. The average molecular weight is 327 g/mol. The van der Waals surface area contributed by atoms with E-state index in [1.165, 1.54) is 32.1 Å². The van der Waals surface area contributed by atoms with Gasteiger partial charge in [-0.2, -0.15) is 0 Å². The molecular weight excluding hydrogens is 307 g/mol. The first kappa shape index (κ1) is 15.1. The summed E-state index contributed by atoms with van der Waals surface area (Å²) in [5, 5.41) is 0.717. The van der Waals surface area contributed by atoms with Crippen LogP contribution in [0.15, 0.2) is 18.2 Å². The molecule has 0 unspecified atom stereocenters. The Morgan fingerprint density at radius 1 is 1.24 bits per heavy atom. The monoisotopic (exact) mass is 326 g/mol. The maximum atomic E-state index is 6.32. The lowest BCUT2D eigenvalue weighted by Gasteiger charge is -2.22. The lowest BCUT2D eigenvalue weighted by Crippen LogP contribution is -2.19. The SMILES string of the molecule is ClCc1nc2cccc(Cl)c2n1CCOC1CCCCC1. The number of rotatable bonds is 5. The van der Waals surface area contributed by atoms with Crippen LogP contribution in [-0.4, -0.2) is 22.3 Å². The number of alkyl halides is 1. The zero-order valence-electron chi connectivity index (χ0n) is 12.0. The van der Waals surface area contributed by atoms with Gasteiger partial charge < -0.3 is 9.30 Å². The maximum absolute atomic E-state index is 6.32. The Balaban J connectivity index is 1.73. The van der Waals surface area contributed by atoms with Crippen LogP contribution in [0.25, 0.3) is 11.0 Å². The van der Waals surface area contributed by atoms with Crippen molar-refractivity contribution in [1.82, 2.24) is 9.55 Å². The molecule has 0 N–H and O–H groups in total. The van der Waals surface area contributed by atoms with E-state index in [0.717, 1.165) is 23.4 Å². The van der Waals surface area contributed by atoms with E-state index in [-0.39, 0.29) is 0 Å². The number of para-hydroxylation sites is 1. The molecule has 1 heterocycles. The third-order valence-corrected chi connectivity index (χ3v) is 4.68. The molecule has 1 aromatic carbocycles. The summed E-state index contributed by atoms with van der Waals surface area (Å²) in [6.07, 6.45) is 6.72. The molecule has 1 aromatic heterocycles. The summed E-state index contributed by atoms with van der Waals surface area (Å²) in [6, 6.07) is 5.77. The molecule has 0 amide bonds. The lowest BCUT2D eigenvalue weighted by molar-refractivity contribution is 0.0242. The average Bonchev–Trinajstić information content (AvgIpc) is 2.88. The summed E-state index contributed by atoms with van der Waals surface area (Å²) in [5.41, 5.74) is 1.86. The molecule has 0 saturated heterocycles. The largest absolute Gasteiger partial charge is 0.376 e. The maximum Gasteiger partial charge on any atom is 0.124 e. The van der Waals surface area contributed by atoms with Crippen LogP contribution in [0.4, 0.5) is 0 Å². The molecule has 114 valence electrons. The molecular formula is C16H20Cl2N2O. The molecule has 0 spiro atoms. The quantitative estimate of drug-likeness (QED) is 0.739. The fourth-order valence-corrected chi connectivity index (χ4v) is 3.55. The minimum Gasteiger partial charge on any atom is -0.376 e. The first-order valence-corrected chi connectivity index (χ1v) is 8.52. The van der Waals surface area contributed by atoms with Gasteiger partial charge in [0, 0.05) is 6.54 Å². The van der Waals surface area contributed by atoms with E-state index in [9.17, 15) is 0 Å². The Morgan fingerprint density at radius 2 is 2.05 bits per heavy atom. The fraction of sp³-hybridized carbons (Fsp3) is 0.562. The number of fused-ring (bicyclic) bond motifs is 1. The third kappa shape index (κ3) is 3.36. The van der Waals surface area contributed by atoms with Gasteiger partial charge in [0.2, 0.25) is 0 Å². The minimum absolute atomic E-state index is 0.383. The van der Waals surface area contributed by atoms with E-state index in [2.05, 4.69) is 9.55 Å². The van der Waals surface area contributed by atoms with Crippen LogP contribution < -0.4 is 0 Å². The van der Waals surface area contributed by atoms with E-state index in [1.807, 2.05) is 18.2 Å². The van der Waals surface area contributed by atoms with Crippen LogP contribution in [-0.2, 0) is 17.2 Å². The Bertz CT molecular complexity index is 606. The van der Waals surface area contributed by atoms with E-state index in [4.69, 9.17) is 27.9 Å². The van der Waals surface area contributed by atoms with Crippen molar-refractivity contribution in [3.8, 4) is 0 Å². The van der Waals surface area contributed by atoms with Crippen LogP contribution in [0.1, 0.15) is 37.9 Å². The van der Waals surface area contributed by atoms with Crippen molar-refractivity contribution in [2.75, 3.05) is 6.61 Å². The predicted octanol–water partition coefficient (Wildman–Crippen LogP) is 4.78. The topological polar surface area (TPSA) is 27.1 Å². The van der Waals surface area contributed by atoms with Crippen molar-refractivity contribution >= 4 is 34.2 Å². The highest BCUT2D eigenvalue weighted by molar-refractivity contribution is 6.35. The molecule has 1 saturated carbocycles. The van der Waals surface area contributed by atoms with Gasteiger partial charge in [0.15, 0.2) is 0 Å². The first-order chi connectivity index (χ1) is 10.3. The van der Waals surface area contributed by atoms with Crippen molar-refractivity contribution < 1.29 is 4.74 Å². The summed E-state index contributed by atoms with van der Waals surface area (Å²) in [6.45, 7) is 1.43. The molecule has 1 fully saturated rings. The number of ether oxygens (including phenoxy) is 1.